The Balaban J connectivity index is 1.98. The van der Waals surface area contributed by atoms with Crippen LogP contribution in [0.3, 0.4) is 0 Å². The van der Waals surface area contributed by atoms with Crippen molar-refractivity contribution in [2.75, 3.05) is 11.6 Å². The van der Waals surface area contributed by atoms with E-state index in [0.717, 1.165) is 17.9 Å². The second-order valence-electron chi connectivity index (χ2n) is 5.56. The summed E-state index contributed by atoms with van der Waals surface area (Å²) in [5.74, 6) is 1.16. The number of hydrogen-bond acceptors (Lipinski definition) is 4. The number of ether oxygens (including phenoxy) is 1. The summed E-state index contributed by atoms with van der Waals surface area (Å²) < 4.78 is 46.5. The molecule has 1 aromatic heterocycles. The van der Waals surface area contributed by atoms with Crippen molar-refractivity contribution >= 4 is 23.1 Å². The number of nitrogens with one attached hydrogen (secondary N) is 1. The highest BCUT2D eigenvalue weighted by Crippen LogP contribution is 2.37. The lowest BCUT2D eigenvalue weighted by Gasteiger charge is -2.13. The van der Waals surface area contributed by atoms with Gasteiger partial charge in [0.15, 0.2) is 0 Å². The molecule has 0 fully saturated rings. The third-order valence-electron chi connectivity index (χ3n) is 3.84. The van der Waals surface area contributed by atoms with Gasteiger partial charge in [-0.2, -0.15) is 13.2 Å². The van der Waals surface area contributed by atoms with E-state index < -0.39 is 18.0 Å². The predicted octanol–water partition coefficient (Wildman–Crippen LogP) is 4.27. The van der Waals surface area contributed by atoms with Gasteiger partial charge in [-0.15, -0.1) is 11.8 Å². The van der Waals surface area contributed by atoms with E-state index in [9.17, 15) is 18.0 Å². The van der Waals surface area contributed by atoms with Crippen molar-refractivity contribution in [3.8, 4) is 0 Å². The second kappa shape index (κ2) is 7.49. The van der Waals surface area contributed by atoms with Gasteiger partial charge in [-0.3, -0.25) is 4.79 Å². The number of Topliss-reactive ketones (excluding diaryl/α,β-unsaturated/α-hetero) is 1. The first kappa shape index (κ1) is 18.4. The number of thioether (sulfide) groups is 1. The van der Waals surface area contributed by atoms with E-state index in [1.165, 1.54) is 12.1 Å². The number of hydrogen-bond donors (Lipinski definition) is 1. The highest BCUT2D eigenvalue weighted by molar-refractivity contribution is 7.99. The third-order valence-corrected chi connectivity index (χ3v) is 4.60. The van der Waals surface area contributed by atoms with E-state index in [4.69, 9.17) is 4.74 Å². The van der Waals surface area contributed by atoms with Crippen LogP contribution < -0.4 is 5.32 Å². The first-order valence-corrected chi connectivity index (χ1v) is 9.14. The molecule has 1 unspecified atom stereocenters. The fourth-order valence-electron chi connectivity index (χ4n) is 2.63. The molecule has 0 saturated heterocycles. The van der Waals surface area contributed by atoms with Crippen molar-refractivity contribution in [2.45, 2.75) is 19.3 Å². The smallest absolute Gasteiger partial charge is 0.416 e. The van der Waals surface area contributed by atoms with Gasteiger partial charge in [-0.25, -0.2) is 0 Å². The Morgan fingerprint density at radius 2 is 1.96 bits per heavy atom. The summed E-state index contributed by atoms with van der Waals surface area (Å²) in [7, 11) is 0. The number of alkyl halides is 3. The van der Waals surface area contributed by atoms with Gasteiger partial charge in [-0.05, 0) is 35.6 Å². The van der Waals surface area contributed by atoms with Crippen LogP contribution >= 0.6 is 11.8 Å². The summed E-state index contributed by atoms with van der Waals surface area (Å²) in [6.07, 6.45) is -2.06. The molecular formula is C18H17F3N2O2S. The van der Waals surface area contributed by atoms with Crippen LogP contribution in [0, 0.1) is 0 Å². The third kappa shape index (κ3) is 3.75. The molecule has 0 saturated carbocycles. The molecule has 8 heteroatoms. The van der Waals surface area contributed by atoms with E-state index in [1.54, 1.807) is 40.9 Å². The monoisotopic (exact) mass is 382 g/mol. The van der Waals surface area contributed by atoms with Crippen LogP contribution in [0.5, 0.6) is 0 Å². The Morgan fingerprint density at radius 1 is 1.23 bits per heavy atom. The number of carbonyl (C=O) groups excluding carboxylic acids is 1. The highest BCUT2D eigenvalue weighted by atomic mass is 32.2. The summed E-state index contributed by atoms with van der Waals surface area (Å²) in [6.45, 7) is 1.98. The highest BCUT2D eigenvalue weighted by Gasteiger charge is 2.38. The summed E-state index contributed by atoms with van der Waals surface area (Å²) in [5, 5.41) is 3.02. The van der Waals surface area contributed by atoms with Gasteiger partial charge in [-0.1, -0.05) is 19.1 Å². The molecule has 0 bridgehead atoms. The number of halogens is 3. The van der Waals surface area contributed by atoms with Gasteiger partial charge in [0.25, 0.3) is 0 Å². The van der Waals surface area contributed by atoms with Crippen molar-refractivity contribution in [1.29, 1.82) is 0 Å². The molecule has 0 spiro atoms. The first-order valence-electron chi connectivity index (χ1n) is 7.98. The molecule has 4 nitrogen and oxygen atoms in total. The van der Waals surface area contributed by atoms with Crippen LogP contribution in [0.2, 0.25) is 0 Å². The zero-order chi connectivity index (χ0) is 18.7. The Bertz CT molecular complexity index is 816. The molecule has 1 atom stereocenters. The van der Waals surface area contributed by atoms with Gasteiger partial charge in [0.1, 0.15) is 0 Å². The molecule has 3 rings (SSSR count). The lowest BCUT2D eigenvalue weighted by Crippen LogP contribution is -2.17. The van der Waals surface area contributed by atoms with E-state index in [1.807, 2.05) is 6.92 Å². The molecule has 138 valence electrons. The molecular weight excluding hydrogens is 365 g/mol. The minimum atomic E-state index is -4.48. The summed E-state index contributed by atoms with van der Waals surface area (Å²) in [6, 6.07) is 8.23. The lowest BCUT2D eigenvalue weighted by molar-refractivity contribution is -0.137. The van der Waals surface area contributed by atoms with Crippen molar-refractivity contribution in [3.63, 3.8) is 0 Å². The molecule has 1 N–H and O–H groups in total. The molecule has 1 aliphatic rings. The van der Waals surface area contributed by atoms with E-state index in [2.05, 4.69) is 5.32 Å². The van der Waals surface area contributed by atoms with E-state index in [0.29, 0.717) is 5.88 Å². The number of carbonyl (C=O) groups is 1. The average Bonchev–Trinajstić information content (AvgIpc) is 3.22. The minimum Gasteiger partial charge on any atom is -0.447 e. The van der Waals surface area contributed by atoms with Gasteiger partial charge < -0.3 is 14.6 Å². The number of nitrogens with zero attached hydrogens (tertiary/aromatic N) is 1. The van der Waals surface area contributed by atoms with Gasteiger partial charge >= 0.3 is 6.18 Å². The fraction of sp³-hybridized carbons (Fsp3) is 0.278. The standard InChI is InChI=1S/C18H17F3N2O2S/c1-2-26-11-22-16-14(12-6-5-7-13(10-12)18(19,20)21)15(24)17(25-16)23-8-3-4-9-23/h3-10,17,22H,2,11H2,1H3. The van der Waals surface area contributed by atoms with Crippen LogP contribution in [-0.2, 0) is 15.7 Å². The number of benzene rings is 1. The average molecular weight is 382 g/mol. The Labute approximate surface area is 153 Å². The minimum absolute atomic E-state index is 0.131. The maximum atomic E-state index is 13.0. The molecule has 2 heterocycles. The van der Waals surface area contributed by atoms with Crippen molar-refractivity contribution in [1.82, 2.24) is 9.88 Å². The molecule has 0 aliphatic carbocycles. The van der Waals surface area contributed by atoms with Gasteiger partial charge in [0.2, 0.25) is 17.9 Å². The zero-order valence-electron chi connectivity index (χ0n) is 13.9. The molecule has 1 aliphatic heterocycles. The van der Waals surface area contributed by atoms with Crippen LogP contribution in [0.15, 0.2) is 54.7 Å². The summed E-state index contributed by atoms with van der Waals surface area (Å²) in [5.41, 5.74) is -0.489. The number of ketones is 1. The predicted molar refractivity (Wildman–Crippen MR) is 94.1 cm³/mol. The molecule has 2 aromatic rings. The van der Waals surface area contributed by atoms with Crippen LogP contribution in [0.25, 0.3) is 5.57 Å². The summed E-state index contributed by atoms with van der Waals surface area (Å²) >= 11 is 1.58. The SMILES string of the molecule is CCSCNC1=C(c2cccc(C(F)(F)F)c2)C(=O)C(n2cccc2)O1. The van der Waals surface area contributed by atoms with E-state index in [-0.39, 0.29) is 22.8 Å². The van der Waals surface area contributed by atoms with Crippen LogP contribution in [-0.4, -0.2) is 22.0 Å². The second-order valence-corrected chi connectivity index (χ2v) is 6.84. The van der Waals surface area contributed by atoms with Gasteiger partial charge in [0, 0.05) is 12.4 Å². The maximum absolute atomic E-state index is 13.0. The number of aromatic nitrogens is 1. The van der Waals surface area contributed by atoms with Crippen molar-refractivity contribution in [3.05, 3.63) is 65.8 Å². The fourth-order valence-corrected chi connectivity index (χ4v) is 3.07. The topological polar surface area (TPSA) is 43.3 Å². The van der Waals surface area contributed by atoms with Crippen molar-refractivity contribution < 1.29 is 22.7 Å². The van der Waals surface area contributed by atoms with Gasteiger partial charge in [0.05, 0.1) is 17.0 Å². The largest absolute Gasteiger partial charge is 0.447 e. The van der Waals surface area contributed by atoms with Crippen LogP contribution in [0.1, 0.15) is 24.3 Å². The summed E-state index contributed by atoms with van der Waals surface area (Å²) in [4.78, 5) is 12.9. The Hall–Kier alpha value is -2.35. The molecule has 0 radical (unpaired) electrons. The maximum Gasteiger partial charge on any atom is 0.416 e. The first-order chi connectivity index (χ1) is 12.4. The number of rotatable bonds is 6. The lowest BCUT2D eigenvalue weighted by atomic mass is 10.00. The Kier molecular flexibility index (Phi) is 5.31. The quantitative estimate of drug-likeness (QED) is 0.598. The van der Waals surface area contributed by atoms with Crippen LogP contribution in [0.4, 0.5) is 13.2 Å². The van der Waals surface area contributed by atoms with Crippen molar-refractivity contribution in [2.24, 2.45) is 0 Å². The normalized spacial score (nSPS) is 17.5. The Morgan fingerprint density at radius 3 is 2.62 bits per heavy atom. The zero-order valence-corrected chi connectivity index (χ0v) is 14.7. The van der Waals surface area contributed by atoms with E-state index >= 15 is 0 Å². The molecule has 1 aromatic carbocycles. The molecule has 0 amide bonds. The molecule has 26 heavy (non-hydrogen) atoms.